The fourth-order valence-electron chi connectivity index (χ4n) is 3.49. The number of carbonyl (C=O) groups excluding carboxylic acids is 3. The average Bonchev–Trinajstić information content (AvgIpc) is 2.84. The molecular weight excluding hydrogens is 342 g/mol. The molecule has 2 rings (SSSR count). The number of aryl methyl sites for hydroxylation is 2. The quantitative estimate of drug-likeness (QED) is 0.511. The second kappa shape index (κ2) is 9.02. The van der Waals surface area contributed by atoms with Crippen molar-refractivity contribution in [3.05, 3.63) is 29.3 Å². The standard InChI is InChI=1S/C21H31N3O3/c1-5-7-8-9-13-21(4)19(26)24(20(27)23-21)14-17(25)22-18-15(3)11-10-12-16(18)6-2/h10-12H,5-9,13-14H2,1-4H3,(H,22,25)(H,23,27). The number of imide groups is 1. The molecule has 0 spiro atoms. The van der Waals surface area contributed by atoms with Crippen molar-refractivity contribution in [2.45, 2.75) is 71.8 Å². The molecule has 1 aromatic carbocycles. The first-order valence-electron chi connectivity index (χ1n) is 9.84. The third-order valence-electron chi connectivity index (χ3n) is 5.18. The summed E-state index contributed by atoms with van der Waals surface area (Å²) in [5.41, 5.74) is 1.84. The second-order valence-corrected chi connectivity index (χ2v) is 7.47. The molecule has 0 radical (unpaired) electrons. The highest BCUT2D eigenvalue weighted by Crippen LogP contribution is 2.25. The highest BCUT2D eigenvalue weighted by atomic mass is 16.2. The number of carbonyl (C=O) groups is 3. The molecule has 1 unspecified atom stereocenters. The molecule has 4 amide bonds. The van der Waals surface area contributed by atoms with Crippen LogP contribution in [0.5, 0.6) is 0 Å². The van der Waals surface area contributed by atoms with Gasteiger partial charge in [-0.05, 0) is 37.8 Å². The SMILES string of the molecule is CCCCCCC1(C)NC(=O)N(CC(=O)Nc2c(C)cccc2CC)C1=O. The van der Waals surface area contributed by atoms with Crippen LogP contribution in [0.3, 0.4) is 0 Å². The normalized spacial score (nSPS) is 19.3. The number of nitrogens with one attached hydrogen (secondary N) is 2. The van der Waals surface area contributed by atoms with Gasteiger partial charge < -0.3 is 10.6 Å². The van der Waals surface area contributed by atoms with Gasteiger partial charge in [0.2, 0.25) is 5.91 Å². The Morgan fingerprint density at radius 3 is 2.59 bits per heavy atom. The Kier molecular flexibility index (Phi) is 6.99. The third kappa shape index (κ3) is 4.87. The van der Waals surface area contributed by atoms with Crippen molar-refractivity contribution in [2.75, 3.05) is 11.9 Å². The molecule has 6 nitrogen and oxygen atoms in total. The Hall–Kier alpha value is -2.37. The molecule has 1 atom stereocenters. The van der Waals surface area contributed by atoms with Crippen molar-refractivity contribution in [3.63, 3.8) is 0 Å². The molecular formula is C21H31N3O3. The zero-order valence-electron chi connectivity index (χ0n) is 16.9. The summed E-state index contributed by atoms with van der Waals surface area (Å²) in [6.07, 6.45) is 5.51. The van der Waals surface area contributed by atoms with E-state index < -0.39 is 11.6 Å². The van der Waals surface area contributed by atoms with Crippen LogP contribution in [-0.2, 0) is 16.0 Å². The largest absolute Gasteiger partial charge is 0.325 e. The highest BCUT2D eigenvalue weighted by Gasteiger charge is 2.47. The van der Waals surface area contributed by atoms with E-state index in [1.54, 1.807) is 6.92 Å². The van der Waals surface area contributed by atoms with E-state index in [-0.39, 0.29) is 18.4 Å². The maximum Gasteiger partial charge on any atom is 0.325 e. The van der Waals surface area contributed by atoms with Gasteiger partial charge in [0.1, 0.15) is 12.1 Å². The maximum absolute atomic E-state index is 12.7. The summed E-state index contributed by atoms with van der Waals surface area (Å²) in [7, 11) is 0. The Labute approximate surface area is 161 Å². The van der Waals surface area contributed by atoms with Crippen LogP contribution in [-0.4, -0.2) is 34.8 Å². The molecule has 1 heterocycles. The first-order chi connectivity index (χ1) is 12.8. The Bertz CT molecular complexity index is 717. The minimum atomic E-state index is -0.914. The van der Waals surface area contributed by atoms with Crippen LogP contribution >= 0.6 is 0 Å². The predicted molar refractivity (Wildman–Crippen MR) is 107 cm³/mol. The summed E-state index contributed by atoms with van der Waals surface area (Å²) >= 11 is 0. The summed E-state index contributed by atoms with van der Waals surface area (Å²) in [6, 6.07) is 5.35. The van der Waals surface area contributed by atoms with Crippen LogP contribution in [0, 0.1) is 6.92 Å². The molecule has 1 fully saturated rings. The number of hydrogen-bond donors (Lipinski definition) is 2. The number of para-hydroxylation sites is 1. The number of rotatable bonds is 9. The van der Waals surface area contributed by atoms with Gasteiger partial charge in [0.05, 0.1) is 0 Å². The van der Waals surface area contributed by atoms with Gasteiger partial charge in [-0.2, -0.15) is 0 Å². The molecule has 1 aliphatic heterocycles. The van der Waals surface area contributed by atoms with E-state index in [9.17, 15) is 14.4 Å². The van der Waals surface area contributed by atoms with E-state index in [0.29, 0.717) is 6.42 Å². The minimum absolute atomic E-state index is 0.271. The van der Waals surface area contributed by atoms with Gasteiger partial charge in [-0.1, -0.05) is 57.7 Å². The molecule has 148 valence electrons. The molecule has 0 bridgehead atoms. The summed E-state index contributed by atoms with van der Waals surface area (Å²) in [5.74, 6) is -0.683. The average molecular weight is 373 g/mol. The Balaban J connectivity index is 2.01. The monoisotopic (exact) mass is 373 g/mol. The van der Waals surface area contributed by atoms with Gasteiger partial charge in [0.15, 0.2) is 0 Å². The number of hydrogen-bond acceptors (Lipinski definition) is 3. The van der Waals surface area contributed by atoms with Crippen LogP contribution in [0.15, 0.2) is 18.2 Å². The van der Waals surface area contributed by atoms with Gasteiger partial charge in [-0.3, -0.25) is 14.5 Å². The molecule has 1 aromatic rings. The van der Waals surface area contributed by atoms with E-state index in [1.807, 2.05) is 32.0 Å². The van der Waals surface area contributed by atoms with E-state index in [1.165, 1.54) is 0 Å². The zero-order chi connectivity index (χ0) is 20.0. The van der Waals surface area contributed by atoms with Gasteiger partial charge in [-0.15, -0.1) is 0 Å². The molecule has 0 aromatic heterocycles. The van der Waals surface area contributed by atoms with Crippen molar-refractivity contribution in [1.82, 2.24) is 10.2 Å². The lowest BCUT2D eigenvalue weighted by Gasteiger charge is -2.21. The molecule has 1 aliphatic rings. The lowest BCUT2D eigenvalue weighted by Crippen LogP contribution is -2.44. The first-order valence-corrected chi connectivity index (χ1v) is 9.84. The Morgan fingerprint density at radius 2 is 1.93 bits per heavy atom. The lowest BCUT2D eigenvalue weighted by molar-refractivity contribution is -0.133. The topological polar surface area (TPSA) is 78.5 Å². The summed E-state index contributed by atoms with van der Waals surface area (Å²) in [4.78, 5) is 38.6. The van der Waals surface area contributed by atoms with Crippen molar-refractivity contribution in [3.8, 4) is 0 Å². The van der Waals surface area contributed by atoms with Gasteiger partial charge >= 0.3 is 6.03 Å². The molecule has 2 N–H and O–H groups in total. The number of amides is 4. The van der Waals surface area contributed by atoms with Gasteiger partial charge in [-0.25, -0.2) is 4.79 Å². The van der Waals surface area contributed by atoms with Crippen molar-refractivity contribution in [1.29, 1.82) is 0 Å². The van der Waals surface area contributed by atoms with E-state index in [4.69, 9.17) is 0 Å². The van der Waals surface area contributed by atoms with Crippen LogP contribution < -0.4 is 10.6 Å². The second-order valence-electron chi connectivity index (χ2n) is 7.47. The molecule has 27 heavy (non-hydrogen) atoms. The fourth-order valence-corrected chi connectivity index (χ4v) is 3.49. The highest BCUT2D eigenvalue weighted by molar-refractivity contribution is 6.10. The van der Waals surface area contributed by atoms with Crippen molar-refractivity contribution in [2.24, 2.45) is 0 Å². The Morgan fingerprint density at radius 1 is 1.19 bits per heavy atom. The minimum Gasteiger partial charge on any atom is -0.324 e. The number of benzene rings is 1. The van der Waals surface area contributed by atoms with Crippen molar-refractivity contribution < 1.29 is 14.4 Å². The summed E-state index contributed by atoms with van der Waals surface area (Å²) in [5, 5.41) is 5.64. The van der Waals surface area contributed by atoms with Crippen LogP contribution in [0.1, 0.15) is 64.0 Å². The van der Waals surface area contributed by atoms with Crippen LogP contribution in [0.4, 0.5) is 10.5 Å². The van der Waals surface area contributed by atoms with Gasteiger partial charge in [0, 0.05) is 5.69 Å². The van der Waals surface area contributed by atoms with E-state index in [2.05, 4.69) is 17.6 Å². The molecule has 1 saturated heterocycles. The first kappa shape index (κ1) is 20.9. The van der Waals surface area contributed by atoms with Crippen LogP contribution in [0.25, 0.3) is 0 Å². The summed E-state index contributed by atoms with van der Waals surface area (Å²) in [6.45, 7) is 7.55. The van der Waals surface area contributed by atoms with Crippen LogP contribution in [0.2, 0.25) is 0 Å². The number of unbranched alkanes of at least 4 members (excludes halogenated alkanes) is 3. The molecule has 0 aliphatic carbocycles. The smallest absolute Gasteiger partial charge is 0.324 e. The number of nitrogens with zero attached hydrogens (tertiary/aromatic N) is 1. The van der Waals surface area contributed by atoms with E-state index >= 15 is 0 Å². The predicted octanol–water partition coefficient (Wildman–Crippen LogP) is 3.78. The molecule has 6 heteroatoms. The number of anilines is 1. The fraction of sp³-hybridized carbons (Fsp3) is 0.571. The lowest BCUT2D eigenvalue weighted by atomic mass is 9.94. The number of urea groups is 1. The van der Waals surface area contributed by atoms with E-state index in [0.717, 1.165) is 53.8 Å². The third-order valence-corrected chi connectivity index (χ3v) is 5.18. The summed E-state index contributed by atoms with van der Waals surface area (Å²) < 4.78 is 0. The van der Waals surface area contributed by atoms with Crippen molar-refractivity contribution >= 4 is 23.5 Å². The zero-order valence-corrected chi connectivity index (χ0v) is 16.9. The maximum atomic E-state index is 12.7. The molecule has 0 saturated carbocycles. The van der Waals surface area contributed by atoms with Gasteiger partial charge in [0.25, 0.3) is 5.91 Å².